The lowest BCUT2D eigenvalue weighted by atomic mass is 10.1. The molecule has 166 valence electrons. The Labute approximate surface area is 184 Å². The lowest BCUT2D eigenvalue weighted by Crippen LogP contribution is -2.17. The monoisotopic (exact) mass is 434 g/mol. The van der Waals surface area contributed by atoms with E-state index in [0.29, 0.717) is 23.7 Å². The molecule has 0 aliphatic rings. The van der Waals surface area contributed by atoms with E-state index in [1.54, 1.807) is 11.8 Å². The normalized spacial score (nSPS) is 12.2. The smallest absolute Gasteiger partial charge is 0.243 e. The van der Waals surface area contributed by atoms with Gasteiger partial charge in [0, 0.05) is 11.8 Å². The first-order chi connectivity index (χ1) is 15.7. The second-order valence-corrected chi connectivity index (χ2v) is 7.57. The zero-order chi connectivity index (χ0) is 22.3. The van der Waals surface area contributed by atoms with Crippen molar-refractivity contribution in [2.45, 2.75) is 51.5 Å². The number of carbonyl (C=O) groups is 1. The van der Waals surface area contributed by atoms with Gasteiger partial charge in [0.25, 0.3) is 0 Å². The third kappa shape index (κ3) is 4.80. The Balaban J connectivity index is 1.56. The summed E-state index contributed by atoms with van der Waals surface area (Å²) >= 11 is 0. The van der Waals surface area contributed by atoms with Crippen LogP contribution in [0.3, 0.4) is 0 Å². The maximum absolute atomic E-state index is 11.2. The van der Waals surface area contributed by atoms with Gasteiger partial charge in [0.2, 0.25) is 5.91 Å². The van der Waals surface area contributed by atoms with Crippen molar-refractivity contribution in [2.24, 2.45) is 0 Å². The quantitative estimate of drug-likeness (QED) is 0.169. The van der Waals surface area contributed by atoms with Gasteiger partial charge in [-0.2, -0.15) is 0 Å². The number of imidazole rings is 1. The molecule has 1 aromatic carbocycles. The van der Waals surface area contributed by atoms with E-state index in [0.717, 1.165) is 54.2 Å². The van der Waals surface area contributed by atoms with Crippen molar-refractivity contribution in [2.75, 3.05) is 5.32 Å². The fourth-order valence-electron chi connectivity index (χ4n) is 3.71. The number of unbranched alkanes of at least 4 members (excludes halogenated alkanes) is 2. The van der Waals surface area contributed by atoms with Gasteiger partial charge in [-0.05, 0) is 31.7 Å². The molecule has 0 saturated carbocycles. The fraction of sp³-hybridized carbons (Fsp3) is 0.364. The number of carbonyl (C=O) groups excluding carboxylic acids is 1. The van der Waals surface area contributed by atoms with Crippen molar-refractivity contribution in [3.8, 4) is 0 Å². The van der Waals surface area contributed by atoms with Gasteiger partial charge in [0.15, 0.2) is 17.3 Å². The zero-order valence-electron chi connectivity index (χ0n) is 17.9. The first-order valence-electron chi connectivity index (χ1n) is 10.8. The van der Waals surface area contributed by atoms with Gasteiger partial charge in [-0.25, -0.2) is 30.4 Å². The Morgan fingerprint density at radius 3 is 2.84 bits per heavy atom. The third-order valence-electron chi connectivity index (χ3n) is 5.40. The predicted octanol–water partition coefficient (Wildman–Crippen LogP) is 3.47. The van der Waals surface area contributed by atoms with E-state index in [2.05, 4.69) is 32.2 Å². The Hall–Kier alpha value is -3.66. The van der Waals surface area contributed by atoms with Gasteiger partial charge in [-0.3, -0.25) is 10.0 Å². The summed E-state index contributed by atoms with van der Waals surface area (Å²) in [6.07, 6.45) is 7.44. The van der Waals surface area contributed by atoms with Gasteiger partial charge in [0.1, 0.15) is 11.8 Å². The number of amides is 1. The molecule has 10 heteroatoms. The standard InChI is InChI=1S/C22H26N8O2/c1-2-15(27-22-19-21(24-12-23-19)25-13-26-22)20-28-16(9-4-3-5-11-18(31)30-32)14-8-6-7-10-17(14)29-20/h6-8,10,12-13,15,32H,2-5,9,11H2,1H3,(H,30,31)(H2,23,24,25,26,27). The van der Waals surface area contributed by atoms with Gasteiger partial charge in [-0.15, -0.1) is 0 Å². The first-order valence-corrected chi connectivity index (χ1v) is 10.8. The molecule has 1 amide bonds. The van der Waals surface area contributed by atoms with E-state index >= 15 is 0 Å². The summed E-state index contributed by atoms with van der Waals surface area (Å²) in [7, 11) is 0. The summed E-state index contributed by atoms with van der Waals surface area (Å²) in [4.78, 5) is 36.7. The summed E-state index contributed by atoms with van der Waals surface area (Å²) in [6, 6.07) is 7.88. The second kappa shape index (κ2) is 10.1. The molecule has 32 heavy (non-hydrogen) atoms. The summed E-state index contributed by atoms with van der Waals surface area (Å²) in [5.41, 5.74) is 4.92. The SMILES string of the molecule is CCC(Nc1ncnc2nc[nH]c12)c1nc(CCCCCC(=O)NO)c2ccccc2n1. The molecule has 0 radical (unpaired) electrons. The molecule has 0 fully saturated rings. The molecule has 1 unspecified atom stereocenters. The Bertz CT molecular complexity index is 1210. The summed E-state index contributed by atoms with van der Waals surface area (Å²) < 4.78 is 0. The van der Waals surface area contributed by atoms with Crippen LogP contribution in [0.1, 0.15) is 56.6 Å². The molecule has 3 aromatic heterocycles. The average Bonchev–Trinajstić information content (AvgIpc) is 3.31. The number of nitrogens with zero attached hydrogens (tertiary/aromatic N) is 5. The predicted molar refractivity (Wildman–Crippen MR) is 120 cm³/mol. The van der Waals surface area contributed by atoms with Crippen LogP contribution in [-0.4, -0.2) is 41.0 Å². The highest BCUT2D eigenvalue weighted by Gasteiger charge is 2.18. The Morgan fingerprint density at radius 2 is 2.00 bits per heavy atom. The number of hydrogen-bond acceptors (Lipinski definition) is 8. The molecule has 0 bridgehead atoms. The average molecular weight is 435 g/mol. The molecule has 3 heterocycles. The molecule has 1 atom stereocenters. The fourth-order valence-corrected chi connectivity index (χ4v) is 3.71. The first kappa shape index (κ1) is 21.6. The number of nitrogens with one attached hydrogen (secondary N) is 3. The number of aryl methyl sites for hydroxylation is 1. The van der Waals surface area contributed by atoms with Crippen LogP contribution in [0.4, 0.5) is 5.82 Å². The summed E-state index contributed by atoms with van der Waals surface area (Å²) in [5, 5.41) is 13.1. The van der Waals surface area contributed by atoms with E-state index in [1.165, 1.54) is 6.33 Å². The van der Waals surface area contributed by atoms with E-state index in [1.807, 2.05) is 24.3 Å². The number of aromatic nitrogens is 6. The molecule has 4 aromatic rings. The number of hydroxylamine groups is 1. The van der Waals surface area contributed by atoms with E-state index in [4.69, 9.17) is 15.2 Å². The molecule has 4 rings (SSSR count). The number of H-pyrrole nitrogens is 1. The van der Waals surface area contributed by atoms with Gasteiger partial charge < -0.3 is 10.3 Å². The number of anilines is 1. The van der Waals surface area contributed by atoms with Crippen LogP contribution in [0.2, 0.25) is 0 Å². The van der Waals surface area contributed by atoms with E-state index in [9.17, 15) is 4.79 Å². The molecular formula is C22H26N8O2. The van der Waals surface area contributed by atoms with Crippen molar-refractivity contribution >= 4 is 33.8 Å². The van der Waals surface area contributed by atoms with Crippen LogP contribution >= 0.6 is 0 Å². The summed E-state index contributed by atoms with van der Waals surface area (Å²) in [6.45, 7) is 2.08. The largest absolute Gasteiger partial charge is 0.358 e. The van der Waals surface area contributed by atoms with Crippen LogP contribution in [0.25, 0.3) is 22.1 Å². The lowest BCUT2D eigenvalue weighted by molar-refractivity contribution is -0.129. The summed E-state index contributed by atoms with van der Waals surface area (Å²) in [5.74, 6) is 1.03. The minimum Gasteiger partial charge on any atom is -0.358 e. The number of para-hydroxylation sites is 1. The van der Waals surface area contributed by atoms with Crippen molar-refractivity contribution < 1.29 is 10.0 Å². The second-order valence-electron chi connectivity index (χ2n) is 7.57. The minimum absolute atomic E-state index is 0.131. The molecule has 10 nitrogen and oxygen atoms in total. The lowest BCUT2D eigenvalue weighted by Gasteiger charge is -2.18. The molecule has 0 spiro atoms. The number of aromatic amines is 1. The number of hydrogen-bond donors (Lipinski definition) is 4. The van der Waals surface area contributed by atoms with Crippen molar-refractivity contribution in [1.82, 2.24) is 35.4 Å². The molecule has 0 aliphatic carbocycles. The van der Waals surface area contributed by atoms with Crippen LogP contribution in [0.5, 0.6) is 0 Å². The maximum atomic E-state index is 11.2. The Kier molecular flexibility index (Phi) is 6.81. The zero-order valence-corrected chi connectivity index (χ0v) is 17.9. The van der Waals surface area contributed by atoms with Gasteiger partial charge in [0.05, 0.1) is 23.6 Å². The van der Waals surface area contributed by atoms with Crippen molar-refractivity contribution in [3.05, 3.63) is 48.4 Å². The highest BCUT2D eigenvalue weighted by molar-refractivity contribution is 5.83. The van der Waals surface area contributed by atoms with Crippen molar-refractivity contribution in [3.63, 3.8) is 0 Å². The molecule has 0 aliphatic heterocycles. The molecular weight excluding hydrogens is 408 g/mol. The van der Waals surface area contributed by atoms with Gasteiger partial charge in [-0.1, -0.05) is 31.5 Å². The van der Waals surface area contributed by atoms with Crippen LogP contribution in [-0.2, 0) is 11.2 Å². The van der Waals surface area contributed by atoms with Crippen LogP contribution < -0.4 is 10.8 Å². The minimum atomic E-state index is -0.354. The third-order valence-corrected chi connectivity index (χ3v) is 5.40. The van der Waals surface area contributed by atoms with Gasteiger partial charge >= 0.3 is 0 Å². The van der Waals surface area contributed by atoms with Crippen LogP contribution in [0.15, 0.2) is 36.9 Å². The number of benzene rings is 1. The Morgan fingerprint density at radius 1 is 1.12 bits per heavy atom. The number of fused-ring (bicyclic) bond motifs is 2. The maximum Gasteiger partial charge on any atom is 0.243 e. The van der Waals surface area contributed by atoms with Crippen LogP contribution in [0, 0.1) is 0 Å². The molecule has 0 saturated heterocycles. The highest BCUT2D eigenvalue weighted by atomic mass is 16.5. The topological polar surface area (TPSA) is 142 Å². The van der Waals surface area contributed by atoms with E-state index in [-0.39, 0.29) is 11.9 Å². The van der Waals surface area contributed by atoms with Crippen molar-refractivity contribution in [1.29, 1.82) is 0 Å². The van der Waals surface area contributed by atoms with E-state index < -0.39 is 0 Å². The highest BCUT2D eigenvalue weighted by Crippen LogP contribution is 2.26. The molecule has 4 N–H and O–H groups in total. The number of rotatable bonds is 10.